The quantitative estimate of drug-likeness (QED) is 0.760. The molecule has 0 radical (unpaired) electrons. The zero-order chi connectivity index (χ0) is 10.4. The second-order valence-corrected chi connectivity index (χ2v) is 4.05. The number of ether oxygens (including phenoxy) is 1. The van der Waals surface area contributed by atoms with Crippen LogP contribution in [0.25, 0.3) is 0 Å². The summed E-state index contributed by atoms with van der Waals surface area (Å²) in [6.45, 7) is 3.13. The van der Waals surface area contributed by atoms with Gasteiger partial charge < -0.3 is 10.5 Å². The van der Waals surface area contributed by atoms with Gasteiger partial charge in [-0.3, -0.25) is 4.79 Å². The first-order chi connectivity index (χ1) is 6.77. The van der Waals surface area contributed by atoms with E-state index in [9.17, 15) is 4.79 Å². The van der Waals surface area contributed by atoms with Gasteiger partial charge in [-0.1, -0.05) is 0 Å². The van der Waals surface area contributed by atoms with E-state index in [1.54, 1.807) is 0 Å². The van der Waals surface area contributed by atoms with Gasteiger partial charge in [-0.05, 0) is 51.5 Å². The first-order valence-corrected chi connectivity index (χ1v) is 5.64. The fourth-order valence-corrected chi connectivity index (χ4v) is 2.18. The normalized spacial score (nSPS) is 25.5. The monoisotopic (exact) mass is 235 g/mol. The Kier molecular flexibility index (Phi) is 7.79. The predicted molar refractivity (Wildman–Crippen MR) is 63.0 cm³/mol. The van der Waals surface area contributed by atoms with Gasteiger partial charge in [0, 0.05) is 0 Å². The van der Waals surface area contributed by atoms with Crippen LogP contribution in [0, 0.1) is 11.8 Å². The Morgan fingerprint density at radius 1 is 1.33 bits per heavy atom. The minimum absolute atomic E-state index is 0. The first-order valence-electron chi connectivity index (χ1n) is 5.64. The number of nitrogens with two attached hydrogens (primary N) is 1. The molecule has 0 spiro atoms. The van der Waals surface area contributed by atoms with Crippen molar-refractivity contribution in [1.82, 2.24) is 0 Å². The lowest BCUT2D eigenvalue weighted by Crippen LogP contribution is -2.24. The molecule has 0 amide bonds. The highest BCUT2D eigenvalue weighted by Gasteiger charge is 2.26. The summed E-state index contributed by atoms with van der Waals surface area (Å²) >= 11 is 0. The molecular weight excluding hydrogens is 214 g/mol. The van der Waals surface area contributed by atoms with Crippen molar-refractivity contribution >= 4 is 18.4 Å². The summed E-state index contributed by atoms with van der Waals surface area (Å²) in [5.41, 5.74) is 5.51. The maximum absolute atomic E-state index is 11.4. The Morgan fingerprint density at radius 3 is 2.40 bits per heavy atom. The summed E-state index contributed by atoms with van der Waals surface area (Å²) in [6, 6.07) is 0. The molecule has 0 unspecified atom stereocenters. The maximum Gasteiger partial charge on any atom is 0.308 e. The van der Waals surface area contributed by atoms with Crippen molar-refractivity contribution in [2.24, 2.45) is 17.6 Å². The van der Waals surface area contributed by atoms with Crippen LogP contribution >= 0.6 is 12.4 Å². The van der Waals surface area contributed by atoms with Gasteiger partial charge in [0.1, 0.15) is 0 Å². The van der Waals surface area contributed by atoms with Gasteiger partial charge >= 0.3 is 5.97 Å². The lowest BCUT2D eigenvalue weighted by molar-refractivity contribution is -0.149. The van der Waals surface area contributed by atoms with Gasteiger partial charge in [0.05, 0.1) is 12.5 Å². The maximum atomic E-state index is 11.4. The Balaban J connectivity index is 0.00000196. The van der Waals surface area contributed by atoms with E-state index in [-0.39, 0.29) is 24.3 Å². The third-order valence-corrected chi connectivity index (χ3v) is 3.04. The minimum atomic E-state index is -0.00121. The highest BCUT2D eigenvalue weighted by atomic mass is 35.5. The van der Waals surface area contributed by atoms with E-state index in [4.69, 9.17) is 10.5 Å². The molecule has 4 heteroatoms. The molecule has 0 aliphatic heterocycles. The SMILES string of the molecule is CCOC(=O)C1CCC(CCN)CC1.Cl. The van der Waals surface area contributed by atoms with E-state index in [1.165, 1.54) is 0 Å². The standard InChI is InChI=1S/C11H21NO2.ClH/c1-2-14-11(13)10-5-3-9(4-6-10)7-8-12;/h9-10H,2-8,12H2,1H3;1H. The fraction of sp³-hybridized carbons (Fsp3) is 0.909. The second kappa shape index (κ2) is 7.94. The highest BCUT2D eigenvalue weighted by molar-refractivity contribution is 5.85. The third-order valence-electron chi connectivity index (χ3n) is 3.04. The molecule has 15 heavy (non-hydrogen) atoms. The van der Waals surface area contributed by atoms with Gasteiger partial charge in [0.2, 0.25) is 0 Å². The molecule has 0 atom stereocenters. The van der Waals surface area contributed by atoms with E-state index < -0.39 is 0 Å². The van der Waals surface area contributed by atoms with Crippen molar-refractivity contribution in [3.63, 3.8) is 0 Å². The van der Waals surface area contributed by atoms with Gasteiger partial charge in [-0.25, -0.2) is 0 Å². The van der Waals surface area contributed by atoms with Crippen molar-refractivity contribution in [3.8, 4) is 0 Å². The summed E-state index contributed by atoms with van der Waals surface area (Å²) < 4.78 is 5.01. The average molecular weight is 236 g/mol. The van der Waals surface area contributed by atoms with Crippen LogP contribution in [-0.4, -0.2) is 19.1 Å². The van der Waals surface area contributed by atoms with Crippen LogP contribution in [0.4, 0.5) is 0 Å². The summed E-state index contributed by atoms with van der Waals surface area (Å²) in [5.74, 6) is 0.897. The van der Waals surface area contributed by atoms with E-state index in [2.05, 4.69) is 0 Å². The van der Waals surface area contributed by atoms with Gasteiger partial charge in [-0.2, -0.15) is 0 Å². The fourth-order valence-electron chi connectivity index (χ4n) is 2.18. The van der Waals surface area contributed by atoms with Crippen molar-refractivity contribution < 1.29 is 9.53 Å². The summed E-state index contributed by atoms with van der Waals surface area (Å²) in [4.78, 5) is 11.4. The molecule has 0 aromatic heterocycles. The number of hydrogen-bond donors (Lipinski definition) is 1. The van der Waals surface area contributed by atoms with Gasteiger partial charge in [0.25, 0.3) is 0 Å². The van der Waals surface area contributed by atoms with Crippen molar-refractivity contribution in [2.75, 3.05) is 13.2 Å². The summed E-state index contributed by atoms with van der Waals surface area (Å²) in [5, 5.41) is 0. The Labute approximate surface area is 98.2 Å². The Hall–Kier alpha value is -0.280. The molecule has 0 aromatic carbocycles. The smallest absolute Gasteiger partial charge is 0.308 e. The van der Waals surface area contributed by atoms with Crippen LogP contribution in [0.15, 0.2) is 0 Å². The molecule has 1 aliphatic carbocycles. The molecule has 1 rings (SSSR count). The lowest BCUT2D eigenvalue weighted by atomic mass is 9.80. The highest BCUT2D eigenvalue weighted by Crippen LogP contribution is 2.31. The Bertz CT molecular complexity index is 179. The molecule has 2 N–H and O–H groups in total. The van der Waals surface area contributed by atoms with Crippen LogP contribution in [0.3, 0.4) is 0 Å². The first kappa shape index (κ1) is 14.7. The van der Waals surface area contributed by atoms with E-state index >= 15 is 0 Å². The molecule has 90 valence electrons. The number of hydrogen-bond acceptors (Lipinski definition) is 3. The second-order valence-electron chi connectivity index (χ2n) is 4.05. The van der Waals surface area contributed by atoms with Crippen LogP contribution in [-0.2, 0) is 9.53 Å². The van der Waals surface area contributed by atoms with Crippen molar-refractivity contribution in [3.05, 3.63) is 0 Å². The van der Waals surface area contributed by atoms with E-state index in [1.807, 2.05) is 6.92 Å². The minimum Gasteiger partial charge on any atom is -0.466 e. The molecule has 1 saturated carbocycles. The topological polar surface area (TPSA) is 52.3 Å². The predicted octanol–water partition coefficient (Wildman–Crippen LogP) is 2.13. The summed E-state index contributed by atoms with van der Waals surface area (Å²) in [6.07, 6.45) is 5.36. The molecule has 1 aliphatic rings. The molecule has 0 bridgehead atoms. The zero-order valence-electron chi connectivity index (χ0n) is 9.41. The molecule has 3 nitrogen and oxygen atoms in total. The molecule has 0 saturated heterocycles. The van der Waals surface area contributed by atoms with Gasteiger partial charge in [-0.15, -0.1) is 12.4 Å². The van der Waals surface area contributed by atoms with Crippen LogP contribution in [0.1, 0.15) is 39.0 Å². The number of esters is 1. The molecule has 0 heterocycles. The molecule has 1 fully saturated rings. The van der Waals surface area contributed by atoms with Crippen molar-refractivity contribution in [2.45, 2.75) is 39.0 Å². The zero-order valence-corrected chi connectivity index (χ0v) is 10.2. The van der Waals surface area contributed by atoms with Gasteiger partial charge in [0.15, 0.2) is 0 Å². The molecular formula is C11H22ClNO2. The molecule has 0 aromatic rings. The average Bonchev–Trinajstić information content (AvgIpc) is 2.20. The number of rotatable bonds is 4. The number of carbonyl (C=O) groups is 1. The van der Waals surface area contributed by atoms with Crippen molar-refractivity contribution in [1.29, 1.82) is 0 Å². The Morgan fingerprint density at radius 2 is 1.93 bits per heavy atom. The van der Waals surface area contributed by atoms with E-state index in [0.717, 1.165) is 44.6 Å². The van der Waals surface area contributed by atoms with Crippen LogP contribution < -0.4 is 5.73 Å². The number of carbonyl (C=O) groups excluding carboxylic acids is 1. The number of halogens is 1. The largest absolute Gasteiger partial charge is 0.466 e. The third kappa shape index (κ3) is 4.85. The van der Waals surface area contributed by atoms with Crippen LogP contribution in [0.2, 0.25) is 0 Å². The van der Waals surface area contributed by atoms with Crippen LogP contribution in [0.5, 0.6) is 0 Å². The summed E-state index contributed by atoms with van der Waals surface area (Å²) in [7, 11) is 0. The lowest BCUT2D eigenvalue weighted by Gasteiger charge is -2.26. The van der Waals surface area contributed by atoms with E-state index in [0.29, 0.717) is 6.61 Å².